The van der Waals surface area contributed by atoms with E-state index in [1.807, 2.05) is 0 Å². The lowest BCUT2D eigenvalue weighted by Crippen LogP contribution is -2.71. The predicted octanol–water partition coefficient (Wildman–Crippen LogP) is 5.68. The van der Waals surface area contributed by atoms with Crippen molar-refractivity contribution in [1.29, 1.82) is 0 Å². The van der Waals surface area contributed by atoms with Crippen LogP contribution >= 0.6 is 0 Å². The first-order chi connectivity index (χ1) is 15.6. The molecule has 4 saturated carbocycles. The van der Waals surface area contributed by atoms with Gasteiger partial charge in [0.15, 0.2) is 11.9 Å². The van der Waals surface area contributed by atoms with Crippen LogP contribution in [0.4, 0.5) is 0 Å². The predicted molar refractivity (Wildman–Crippen MR) is 124 cm³/mol. The standard InChI is InChI=1S/C28H42O5/c1-15(2)16(3)7-8-17(4)18-9-10-21-27(18,6)25(29)23-24-26(5)13-12-20-22(31-30-20)19(26)11-14-28(21,24)33-32-23/h7-8,15-24H,9-14H2,1-6H3/b8-7+/t16-,17+,18+,19-,20+,21+,22-,23+,24+,26-,27+,28+/m0/s1. The Hall–Kier alpha value is -0.750. The summed E-state index contributed by atoms with van der Waals surface area (Å²) in [6, 6.07) is 0. The van der Waals surface area contributed by atoms with Crippen LogP contribution in [-0.4, -0.2) is 29.7 Å². The van der Waals surface area contributed by atoms with Gasteiger partial charge in [-0.25, -0.2) is 19.6 Å². The molecule has 2 aliphatic heterocycles. The summed E-state index contributed by atoms with van der Waals surface area (Å²) in [4.78, 5) is 37.7. The molecule has 6 fully saturated rings. The molecule has 0 amide bonds. The molecule has 184 valence electrons. The molecule has 5 heteroatoms. The van der Waals surface area contributed by atoms with E-state index in [1.165, 1.54) is 0 Å². The van der Waals surface area contributed by atoms with E-state index in [2.05, 4.69) is 53.7 Å². The highest BCUT2D eigenvalue weighted by atomic mass is 17.2. The maximum absolute atomic E-state index is 14.3. The summed E-state index contributed by atoms with van der Waals surface area (Å²) >= 11 is 0. The zero-order chi connectivity index (χ0) is 23.3. The molecule has 0 aromatic rings. The lowest BCUT2D eigenvalue weighted by atomic mass is 9.41. The van der Waals surface area contributed by atoms with Gasteiger partial charge in [-0.05, 0) is 73.5 Å². The third kappa shape index (κ3) is 2.77. The van der Waals surface area contributed by atoms with Gasteiger partial charge in [-0.3, -0.25) is 4.79 Å². The smallest absolute Gasteiger partial charge is 0.171 e. The van der Waals surface area contributed by atoms with Crippen molar-refractivity contribution in [2.75, 3.05) is 0 Å². The minimum Gasteiger partial charge on any atom is -0.296 e. The van der Waals surface area contributed by atoms with Crippen molar-refractivity contribution >= 4 is 5.78 Å². The number of carbonyl (C=O) groups is 1. The Labute approximate surface area is 198 Å². The van der Waals surface area contributed by atoms with Crippen LogP contribution in [0.25, 0.3) is 0 Å². The lowest BCUT2D eigenvalue weighted by Gasteiger charge is -2.64. The molecule has 12 atom stereocenters. The van der Waals surface area contributed by atoms with Crippen LogP contribution in [0.3, 0.4) is 0 Å². The molecule has 0 radical (unpaired) electrons. The number of carbonyl (C=O) groups excluding carboxylic acids is 1. The third-order valence-corrected chi connectivity index (χ3v) is 11.6. The molecule has 2 bridgehead atoms. The van der Waals surface area contributed by atoms with Gasteiger partial charge in [-0.15, -0.1) is 0 Å². The number of fused-ring (bicyclic) bond motifs is 4. The Balaban J connectivity index is 1.33. The number of ketones is 1. The topological polar surface area (TPSA) is 54.0 Å². The minimum atomic E-state index is -0.442. The zero-order valence-electron chi connectivity index (χ0n) is 21.2. The average molecular weight is 459 g/mol. The Morgan fingerprint density at radius 3 is 2.42 bits per heavy atom. The first-order valence-electron chi connectivity index (χ1n) is 13.5. The Kier molecular flexibility index (Phi) is 5.08. The van der Waals surface area contributed by atoms with E-state index in [1.54, 1.807) is 0 Å². The van der Waals surface area contributed by atoms with Crippen molar-refractivity contribution in [3.05, 3.63) is 12.2 Å². The number of hydrogen-bond acceptors (Lipinski definition) is 5. The summed E-state index contributed by atoms with van der Waals surface area (Å²) in [6.45, 7) is 13.8. The second kappa shape index (κ2) is 7.38. The first kappa shape index (κ1) is 22.7. The molecule has 33 heavy (non-hydrogen) atoms. The second-order valence-corrected chi connectivity index (χ2v) is 13.1. The van der Waals surface area contributed by atoms with Gasteiger partial charge in [-0.1, -0.05) is 53.7 Å². The molecule has 6 rings (SSSR count). The van der Waals surface area contributed by atoms with Gasteiger partial charge in [0.05, 0.1) is 0 Å². The Morgan fingerprint density at radius 1 is 0.939 bits per heavy atom. The SMILES string of the molecule is CC(C)[C@@H](C)/C=C/[C@@H](C)[C@H]1CC[C@H]2[C@]34CC[C@H]5[C@@H]6OO[C@@H]6CC[C@]5(C)[C@H]3[C@@H](OO4)C(=O)[C@]12C. The fourth-order valence-corrected chi connectivity index (χ4v) is 9.40. The number of Topliss-reactive ketones (excluding diaryl/α,β-unsaturated/α-hetero) is 1. The molecule has 5 nitrogen and oxygen atoms in total. The monoisotopic (exact) mass is 458 g/mol. The van der Waals surface area contributed by atoms with Crippen LogP contribution in [0.5, 0.6) is 0 Å². The van der Waals surface area contributed by atoms with Gasteiger partial charge in [0.2, 0.25) is 0 Å². The van der Waals surface area contributed by atoms with Gasteiger partial charge in [0, 0.05) is 17.3 Å². The van der Waals surface area contributed by atoms with E-state index >= 15 is 0 Å². The molecular formula is C28H42O5. The van der Waals surface area contributed by atoms with Gasteiger partial charge < -0.3 is 0 Å². The third-order valence-electron chi connectivity index (χ3n) is 11.6. The highest BCUT2D eigenvalue weighted by Crippen LogP contribution is 2.73. The average Bonchev–Trinajstić information content (AvgIpc) is 3.30. The summed E-state index contributed by atoms with van der Waals surface area (Å²) in [5.74, 6) is 2.99. The van der Waals surface area contributed by atoms with E-state index in [9.17, 15) is 4.79 Å². The molecule has 2 saturated heterocycles. The molecule has 0 spiro atoms. The summed E-state index contributed by atoms with van der Waals surface area (Å²) in [5.41, 5.74) is -0.712. The van der Waals surface area contributed by atoms with Crippen LogP contribution in [-0.2, 0) is 24.3 Å². The minimum absolute atomic E-state index is 0.00233. The molecule has 0 unspecified atom stereocenters. The highest BCUT2D eigenvalue weighted by molar-refractivity contribution is 5.92. The van der Waals surface area contributed by atoms with Crippen LogP contribution in [0, 0.1) is 52.3 Å². The Morgan fingerprint density at radius 2 is 1.73 bits per heavy atom. The summed E-state index contributed by atoms with van der Waals surface area (Å²) in [6.07, 6.45) is 11.0. The molecule has 0 aromatic heterocycles. The van der Waals surface area contributed by atoms with Crippen molar-refractivity contribution in [2.24, 2.45) is 52.3 Å². The second-order valence-electron chi connectivity index (χ2n) is 13.1. The Bertz CT molecular complexity index is 853. The van der Waals surface area contributed by atoms with E-state index in [-0.39, 0.29) is 40.5 Å². The normalized spacial score (nSPS) is 54.4. The van der Waals surface area contributed by atoms with E-state index in [4.69, 9.17) is 19.6 Å². The molecule has 0 aromatic carbocycles. The van der Waals surface area contributed by atoms with Crippen LogP contribution < -0.4 is 0 Å². The van der Waals surface area contributed by atoms with Crippen molar-refractivity contribution in [3.63, 3.8) is 0 Å². The number of rotatable bonds is 4. The van der Waals surface area contributed by atoms with Gasteiger partial charge in [0.1, 0.15) is 17.8 Å². The molecule has 4 aliphatic carbocycles. The van der Waals surface area contributed by atoms with Gasteiger partial charge in [-0.2, -0.15) is 0 Å². The largest absolute Gasteiger partial charge is 0.296 e. The fraction of sp³-hybridized carbons (Fsp3) is 0.893. The van der Waals surface area contributed by atoms with Crippen molar-refractivity contribution in [2.45, 2.75) is 104 Å². The number of allylic oxidation sites excluding steroid dienone is 2. The van der Waals surface area contributed by atoms with Gasteiger partial charge >= 0.3 is 0 Å². The fourth-order valence-electron chi connectivity index (χ4n) is 9.40. The van der Waals surface area contributed by atoms with Crippen LogP contribution in [0.1, 0.15) is 80.1 Å². The zero-order valence-corrected chi connectivity index (χ0v) is 21.2. The van der Waals surface area contributed by atoms with E-state index in [0.717, 1.165) is 38.5 Å². The highest BCUT2D eigenvalue weighted by Gasteiger charge is 2.79. The van der Waals surface area contributed by atoms with Crippen molar-refractivity contribution in [3.8, 4) is 0 Å². The van der Waals surface area contributed by atoms with Crippen LogP contribution in [0.2, 0.25) is 0 Å². The summed E-state index contributed by atoms with van der Waals surface area (Å²) < 4.78 is 0. The summed E-state index contributed by atoms with van der Waals surface area (Å²) in [7, 11) is 0. The molecule has 6 aliphatic rings. The summed E-state index contributed by atoms with van der Waals surface area (Å²) in [5, 5.41) is 0. The van der Waals surface area contributed by atoms with Gasteiger partial charge in [0.25, 0.3) is 0 Å². The first-order valence-corrected chi connectivity index (χ1v) is 13.5. The maximum atomic E-state index is 14.3. The molecule has 2 heterocycles. The maximum Gasteiger partial charge on any atom is 0.171 e. The van der Waals surface area contributed by atoms with E-state index < -0.39 is 6.10 Å². The molecular weight excluding hydrogens is 416 g/mol. The van der Waals surface area contributed by atoms with Crippen molar-refractivity contribution < 1.29 is 24.3 Å². The molecule has 0 N–H and O–H groups in total. The number of hydrogen-bond donors (Lipinski definition) is 0. The van der Waals surface area contributed by atoms with Crippen LogP contribution in [0.15, 0.2) is 12.2 Å². The quantitative estimate of drug-likeness (QED) is 0.401. The lowest BCUT2D eigenvalue weighted by molar-refractivity contribution is -0.493. The van der Waals surface area contributed by atoms with E-state index in [0.29, 0.717) is 35.4 Å². The van der Waals surface area contributed by atoms with Crippen molar-refractivity contribution in [1.82, 2.24) is 0 Å².